The van der Waals surface area contributed by atoms with Crippen molar-refractivity contribution in [2.75, 3.05) is 0 Å². The van der Waals surface area contributed by atoms with Gasteiger partial charge in [-0.15, -0.1) is 0 Å². The fourth-order valence-corrected chi connectivity index (χ4v) is 4.39. The van der Waals surface area contributed by atoms with Crippen LogP contribution >= 0.6 is 0 Å². The molecule has 3 aliphatic rings. The van der Waals surface area contributed by atoms with Gasteiger partial charge in [-0.25, -0.2) is 0 Å². The third-order valence-corrected chi connectivity index (χ3v) is 5.77. The number of allylic oxidation sites excluding steroid dienone is 4. The van der Waals surface area contributed by atoms with Crippen LogP contribution in [0.2, 0.25) is 0 Å². The lowest BCUT2D eigenvalue weighted by Gasteiger charge is -2.35. The summed E-state index contributed by atoms with van der Waals surface area (Å²) in [4.78, 5) is 39.5. The number of rotatable bonds is 1. The first-order valence-electron chi connectivity index (χ1n) is 9.60. The zero-order chi connectivity index (χ0) is 21.0. The Labute approximate surface area is 171 Å². The number of Topliss-reactive ketones (excluding diaryl/α,β-unsaturated/α-hetero) is 3. The van der Waals surface area contributed by atoms with E-state index in [1.165, 1.54) is 18.2 Å². The van der Waals surface area contributed by atoms with Gasteiger partial charge in [0.25, 0.3) is 0 Å². The molecule has 6 nitrogen and oxygen atoms in total. The molecule has 146 valence electrons. The van der Waals surface area contributed by atoms with E-state index in [9.17, 15) is 19.5 Å². The van der Waals surface area contributed by atoms with Gasteiger partial charge in [0.05, 0.1) is 17.2 Å². The first-order valence-corrected chi connectivity index (χ1v) is 9.60. The van der Waals surface area contributed by atoms with Crippen LogP contribution in [0.5, 0.6) is 5.75 Å². The number of phenols is 1. The summed E-state index contributed by atoms with van der Waals surface area (Å²) in [5, 5.41) is 18.9. The topological polar surface area (TPSA) is 104 Å². The molecule has 0 saturated heterocycles. The zero-order valence-electron chi connectivity index (χ0n) is 15.8. The SMILES string of the molecule is N#Cc1ccc(C2C3=C(CCCC3=O)OC3=C2C(=O)c2ccc(O)cc2C3=O)cc1. The minimum absolute atomic E-state index is 0.0825. The number of nitrogens with zero attached hydrogens (tertiary/aromatic N) is 1. The number of carbonyl (C=O) groups excluding carboxylic acids is 3. The number of aromatic hydroxyl groups is 1. The molecular formula is C24H15NO5. The highest BCUT2D eigenvalue weighted by Gasteiger charge is 2.46. The molecular weight excluding hydrogens is 382 g/mol. The standard InChI is InChI=1S/C24H15NO5/c25-11-12-4-6-13(7-5-12)19-20-17(27)2-1-3-18(20)30-24-21(19)22(28)15-9-8-14(26)10-16(15)23(24)29/h4-10,19,26H,1-3H2. The van der Waals surface area contributed by atoms with Gasteiger partial charge in [0.15, 0.2) is 17.3 Å². The average molecular weight is 397 g/mol. The molecule has 5 rings (SSSR count). The highest BCUT2D eigenvalue weighted by molar-refractivity contribution is 6.28. The van der Waals surface area contributed by atoms with Gasteiger partial charge in [0.2, 0.25) is 5.78 Å². The summed E-state index contributed by atoms with van der Waals surface area (Å²) in [6, 6.07) is 12.7. The minimum atomic E-state index is -0.734. The Morgan fingerprint density at radius 3 is 2.43 bits per heavy atom. The Hall–Kier alpha value is -3.98. The van der Waals surface area contributed by atoms with Gasteiger partial charge in [-0.2, -0.15) is 5.26 Å². The minimum Gasteiger partial charge on any atom is -0.508 e. The van der Waals surface area contributed by atoms with Crippen molar-refractivity contribution in [1.29, 1.82) is 5.26 Å². The Morgan fingerprint density at radius 2 is 1.70 bits per heavy atom. The molecule has 0 radical (unpaired) electrons. The lowest BCUT2D eigenvalue weighted by Crippen LogP contribution is -2.34. The zero-order valence-corrected chi connectivity index (χ0v) is 15.8. The van der Waals surface area contributed by atoms with Gasteiger partial charge in [-0.3, -0.25) is 14.4 Å². The van der Waals surface area contributed by atoms with Gasteiger partial charge in [0, 0.05) is 35.5 Å². The molecule has 2 aromatic carbocycles. The largest absolute Gasteiger partial charge is 0.508 e. The maximum absolute atomic E-state index is 13.4. The summed E-state index contributed by atoms with van der Waals surface area (Å²) in [7, 11) is 0. The molecule has 0 amide bonds. The molecule has 0 aromatic heterocycles. The van der Waals surface area contributed by atoms with E-state index in [1.54, 1.807) is 24.3 Å². The molecule has 2 aliphatic carbocycles. The van der Waals surface area contributed by atoms with Crippen molar-refractivity contribution in [3.8, 4) is 11.8 Å². The number of benzene rings is 2. The number of carbonyl (C=O) groups is 3. The smallest absolute Gasteiger partial charge is 0.229 e. The summed E-state index contributed by atoms with van der Waals surface area (Å²) in [5.74, 6) is -1.51. The van der Waals surface area contributed by atoms with Crippen molar-refractivity contribution in [1.82, 2.24) is 0 Å². The molecule has 0 fully saturated rings. The molecule has 1 unspecified atom stereocenters. The normalized spacial score (nSPS) is 20.2. The molecule has 2 aromatic rings. The first-order chi connectivity index (χ1) is 14.5. The van der Waals surface area contributed by atoms with E-state index in [0.717, 1.165) is 0 Å². The van der Waals surface area contributed by atoms with E-state index >= 15 is 0 Å². The Morgan fingerprint density at radius 1 is 0.933 bits per heavy atom. The molecule has 30 heavy (non-hydrogen) atoms. The van der Waals surface area contributed by atoms with Crippen LogP contribution in [0, 0.1) is 11.3 Å². The second-order valence-corrected chi connectivity index (χ2v) is 7.51. The third-order valence-electron chi connectivity index (χ3n) is 5.77. The van der Waals surface area contributed by atoms with E-state index < -0.39 is 17.5 Å². The number of hydrogen-bond acceptors (Lipinski definition) is 6. The van der Waals surface area contributed by atoms with Gasteiger partial charge >= 0.3 is 0 Å². The maximum atomic E-state index is 13.4. The van der Waals surface area contributed by atoms with E-state index in [4.69, 9.17) is 10.00 Å². The summed E-state index contributed by atoms with van der Waals surface area (Å²) < 4.78 is 5.87. The van der Waals surface area contributed by atoms with Crippen molar-refractivity contribution in [3.63, 3.8) is 0 Å². The van der Waals surface area contributed by atoms with Crippen LogP contribution in [-0.2, 0) is 9.53 Å². The third kappa shape index (κ3) is 2.52. The van der Waals surface area contributed by atoms with Crippen LogP contribution < -0.4 is 0 Å². The summed E-state index contributed by atoms with van der Waals surface area (Å²) >= 11 is 0. The van der Waals surface area contributed by atoms with E-state index in [0.29, 0.717) is 41.7 Å². The highest BCUT2D eigenvalue weighted by atomic mass is 16.5. The summed E-state index contributed by atoms with van der Waals surface area (Å²) in [6.07, 6.45) is 1.46. The van der Waals surface area contributed by atoms with Crippen molar-refractivity contribution >= 4 is 17.3 Å². The number of phenolic OH excluding ortho intramolecular Hbond substituents is 1. The van der Waals surface area contributed by atoms with Crippen LogP contribution in [0.25, 0.3) is 0 Å². The molecule has 6 heteroatoms. The molecule has 1 aliphatic heterocycles. The summed E-state index contributed by atoms with van der Waals surface area (Å²) in [6.45, 7) is 0. The van der Waals surface area contributed by atoms with E-state index in [1.807, 2.05) is 0 Å². The number of nitriles is 1. The van der Waals surface area contributed by atoms with Crippen LogP contribution in [0.15, 0.2) is 65.1 Å². The monoisotopic (exact) mass is 397 g/mol. The Bertz CT molecular complexity index is 1260. The van der Waals surface area contributed by atoms with Crippen molar-refractivity contribution in [3.05, 3.63) is 87.4 Å². The second-order valence-electron chi connectivity index (χ2n) is 7.51. The fourth-order valence-electron chi connectivity index (χ4n) is 4.39. The van der Waals surface area contributed by atoms with Crippen LogP contribution in [0.1, 0.15) is 57.0 Å². The van der Waals surface area contributed by atoms with Crippen molar-refractivity contribution < 1.29 is 24.2 Å². The number of fused-ring (bicyclic) bond motifs is 1. The molecule has 0 bridgehead atoms. The molecule has 1 atom stereocenters. The van der Waals surface area contributed by atoms with Crippen molar-refractivity contribution in [2.24, 2.45) is 0 Å². The van der Waals surface area contributed by atoms with Gasteiger partial charge in [-0.05, 0) is 42.3 Å². The highest BCUT2D eigenvalue weighted by Crippen LogP contribution is 2.48. The van der Waals surface area contributed by atoms with E-state index in [2.05, 4.69) is 6.07 Å². The number of ether oxygens (including phenoxy) is 1. The molecule has 0 saturated carbocycles. The first kappa shape index (κ1) is 18.1. The van der Waals surface area contributed by atoms with Crippen LogP contribution in [0.3, 0.4) is 0 Å². The van der Waals surface area contributed by atoms with Crippen LogP contribution in [0.4, 0.5) is 0 Å². The Kier molecular flexibility index (Phi) is 3.93. The van der Waals surface area contributed by atoms with Crippen molar-refractivity contribution in [2.45, 2.75) is 25.2 Å². The second kappa shape index (κ2) is 6.53. The van der Waals surface area contributed by atoms with Gasteiger partial charge < -0.3 is 9.84 Å². The average Bonchev–Trinajstić information content (AvgIpc) is 2.76. The molecule has 1 heterocycles. The fraction of sp³-hybridized carbons (Fsp3) is 0.167. The maximum Gasteiger partial charge on any atom is 0.229 e. The van der Waals surface area contributed by atoms with Gasteiger partial charge in [0.1, 0.15) is 11.5 Å². The lowest BCUT2D eigenvalue weighted by molar-refractivity contribution is -0.116. The predicted molar refractivity (Wildman–Crippen MR) is 105 cm³/mol. The number of hydrogen-bond donors (Lipinski definition) is 1. The predicted octanol–water partition coefficient (Wildman–Crippen LogP) is 3.72. The lowest BCUT2D eigenvalue weighted by atomic mass is 9.71. The quantitative estimate of drug-likeness (QED) is 0.786. The Balaban J connectivity index is 1.75. The van der Waals surface area contributed by atoms with Crippen LogP contribution in [-0.4, -0.2) is 22.5 Å². The molecule has 1 N–H and O–H groups in total. The van der Waals surface area contributed by atoms with E-state index in [-0.39, 0.29) is 34.0 Å². The van der Waals surface area contributed by atoms with Gasteiger partial charge in [-0.1, -0.05) is 12.1 Å². The summed E-state index contributed by atoms with van der Waals surface area (Å²) in [5.41, 5.74) is 1.91. The molecule has 0 spiro atoms. The number of ketones is 3.